The van der Waals surface area contributed by atoms with Crippen molar-refractivity contribution in [1.82, 2.24) is 19.9 Å². The summed E-state index contributed by atoms with van der Waals surface area (Å²) >= 11 is 6.27. The summed E-state index contributed by atoms with van der Waals surface area (Å²) in [5.74, 6) is 2.62. The lowest BCUT2D eigenvalue weighted by Gasteiger charge is -2.27. The zero-order valence-electron chi connectivity index (χ0n) is 23.4. The minimum Gasteiger partial charge on any atom is -0.508 e. The first kappa shape index (κ1) is 27.6. The Morgan fingerprint density at radius 3 is 2.40 bits per heavy atom. The van der Waals surface area contributed by atoms with Gasteiger partial charge in [0.25, 0.3) is 0 Å². The second-order valence-corrected chi connectivity index (χ2v) is 10.7. The Bertz CT molecular complexity index is 1690. The van der Waals surface area contributed by atoms with E-state index in [1.807, 2.05) is 36.4 Å². The largest absolute Gasteiger partial charge is 0.508 e. The molecule has 3 aromatic carbocycles. The van der Waals surface area contributed by atoms with Gasteiger partial charge in [0.2, 0.25) is 17.8 Å². The number of rotatable bonds is 10. The minimum absolute atomic E-state index is 0.205. The SMILES string of the molecule is COc1ccc2nc3cc(Cl)ccc3c(NCCCNc3nc(Nc4ccc(O)cc4)nc(N4CCCCC4)n3)c2c1. The van der Waals surface area contributed by atoms with E-state index in [1.54, 1.807) is 31.4 Å². The number of fused-ring (bicyclic) bond motifs is 2. The molecule has 5 aromatic rings. The first-order valence-electron chi connectivity index (χ1n) is 14.2. The summed E-state index contributed by atoms with van der Waals surface area (Å²) in [7, 11) is 1.66. The van der Waals surface area contributed by atoms with Crippen LogP contribution in [0.2, 0.25) is 5.02 Å². The molecule has 11 heteroatoms. The average Bonchev–Trinajstić information content (AvgIpc) is 3.01. The Morgan fingerprint density at radius 2 is 1.60 bits per heavy atom. The van der Waals surface area contributed by atoms with Gasteiger partial charge < -0.3 is 30.7 Å². The van der Waals surface area contributed by atoms with Gasteiger partial charge in [-0.2, -0.15) is 15.0 Å². The first-order valence-corrected chi connectivity index (χ1v) is 14.6. The predicted molar refractivity (Wildman–Crippen MR) is 170 cm³/mol. The minimum atomic E-state index is 0.205. The molecule has 4 N–H and O–H groups in total. The van der Waals surface area contributed by atoms with Gasteiger partial charge in [0.15, 0.2) is 0 Å². The van der Waals surface area contributed by atoms with Crippen LogP contribution in [0.3, 0.4) is 0 Å². The summed E-state index contributed by atoms with van der Waals surface area (Å²) in [4.78, 5) is 21.1. The summed E-state index contributed by atoms with van der Waals surface area (Å²) in [6.07, 6.45) is 4.28. The van der Waals surface area contributed by atoms with E-state index in [2.05, 4.69) is 30.8 Å². The fraction of sp³-hybridized carbons (Fsp3) is 0.290. The Labute approximate surface area is 249 Å². The number of halogens is 1. The second-order valence-electron chi connectivity index (χ2n) is 10.2. The summed E-state index contributed by atoms with van der Waals surface area (Å²) in [5.41, 5.74) is 3.49. The van der Waals surface area contributed by atoms with Crippen molar-refractivity contribution in [2.24, 2.45) is 0 Å². The van der Waals surface area contributed by atoms with Gasteiger partial charge in [0.1, 0.15) is 11.5 Å². The Kier molecular flexibility index (Phi) is 8.23. The predicted octanol–water partition coefficient (Wildman–Crippen LogP) is 6.59. The molecule has 2 aromatic heterocycles. The lowest BCUT2D eigenvalue weighted by molar-refractivity contribution is 0.415. The maximum absolute atomic E-state index is 9.63. The molecule has 0 spiro atoms. The molecule has 42 heavy (non-hydrogen) atoms. The van der Waals surface area contributed by atoms with Crippen LogP contribution >= 0.6 is 11.6 Å². The molecule has 1 aliphatic heterocycles. The van der Waals surface area contributed by atoms with Gasteiger partial charge in [-0.25, -0.2) is 4.98 Å². The quantitative estimate of drug-likeness (QED) is 0.0812. The van der Waals surface area contributed by atoms with Gasteiger partial charge >= 0.3 is 0 Å². The maximum atomic E-state index is 9.63. The molecular weight excluding hydrogens is 552 g/mol. The van der Waals surface area contributed by atoms with Crippen LogP contribution in [-0.2, 0) is 0 Å². The molecule has 0 bridgehead atoms. The number of phenolic OH excluding ortho intramolecular Hbond substituents is 1. The van der Waals surface area contributed by atoms with Gasteiger partial charge in [-0.1, -0.05) is 11.6 Å². The summed E-state index contributed by atoms with van der Waals surface area (Å²) in [6.45, 7) is 3.22. The van der Waals surface area contributed by atoms with Crippen molar-refractivity contribution < 1.29 is 9.84 Å². The van der Waals surface area contributed by atoms with Crippen molar-refractivity contribution in [3.8, 4) is 11.5 Å². The van der Waals surface area contributed by atoms with Crippen molar-refractivity contribution in [3.63, 3.8) is 0 Å². The maximum Gasteiger partial charge on any atom is 0.233 e. The molecule has 0 unspecified atom stereocenters. The molecule has 0 radical (unpaired) electrons. The lowest BCUT2D eigenvalue weighted by Crippen LogP contribution is -2.31. The normalized spacial score (nSPS) is 13.3. The third kappa shape index (κ3) is 6.33. The van der Waals surface area contributed by atoms with E-state index in [0.29, 0.717) is 36.0 Å². The monoisotopic (exact) mass is 584 g/mol. The van der Waals surface area contributed by atoms with Crippen LogP contribution in [0, 0.1) is 0 Å². The van der Waals surface area contributed by atoms with Crippen LogP contribution in [0.15, 0.2) is 60.7 Å². The van der Waals surface area contributed by atoms with Crippen molar-refractivity contribution >= 4 is 62.6 Å². The third-order valence-corrected chi connectivity index (χ3v) is 7.50. The number of nitrogens with zero attached hydrogens (tertiary/aromatic N) is 5. The van der Waals surface area contributed by atoms with Gasteiger partial charge in [0, 0.05) is 47.7 Å². The number of benzene rings is 3. The number of piperidine rings is 1. The van der Waals surface area contributed by atoms with E-state index >= 15 is 0 Å². The molecule has 10 nitrogen and oxygen atoms in total. The van der Waals surface area contributed by atoms with E-state index in [0.717, 1.165) is 71.3 Å². The van der Waals surface area contributed by atoms with Crippen LogP contribution in [0.5, 0.6) is 11.5 Å². The lowest BCUT2D eigenvalue weighted by atomic mass is 10.1. The number of pyridine rings is 1. The molecule has 1 saturated heterocycles. The van der Waals surface area contributed by atoms with Gasteiger partial charge in [-0.15, -0.1) is 0 Å². The second kappa shape index (κ2) is 12.5. The first-order chi connectivity index (χ1) is 20.6. The molecule has 216 valence electrons. The van der Waals surface area contributed by atoms with Crippen LogP contribution < -0.4 is 25.6 Å². The van der Waals surface area contributed by atoms with Crippen LogP contribution in [0.4, 0.5) is 29.2 Å². The average molecular weight is 585 g/mol. The van der Waals surface area contributed by atoms with Crippen LogP contribution in [0.1, 0.15) is 25.7 Å². The zero-order valence-corrected chi connectivity index (χ0v) is 24.2. The molecule has 0 aliphatic carbocycles. The van der Waals surface area contributed by atoms with Gasteiger partial charge in [-0.3, -0.25) is 0 Å². The molecule has 0 atom stereocenters. The number of nitrogens with one attached hydrogen (secondary N) is 3. The van der Waals surface area contributed by atoms with Crippen LogP contribution in [-0.4, -0.2) is 58.3 Å². The highest BCUT2D eigenvalue weighted by atomic mass is 35.5. The number of anilines is 5. The summed E-state index contributed by atoms with van der Waals surface area (Å²) in [6, 6.07) is 18.5. The number of methoxy groups -OCH3 is 1. The summed E-state index contributed by atoms with van der Waals surface area (Å²) < 4.78 is 5.48. The number of aromatic nitrogens is 4. The Morgan fingerprint density at radius 1 is 0.810 bits per heavy atom. The smallest absolute Gasteiger partial charge is 0.233 e. The standard InChI is InChI=1S/C31H33ClN8O2/c1-42-23-11-13-26-25(19-23)28(24-12-6-20(32)18-27(24)36-26)33-14-5-15-34-29-37-30(35-21-7-9-22(41)10-8-21)39-31(38-29)40-16-3-2-4-17-40/h6-13,18-19,41H,2-5,14-17H2,1H3,(H,33,36)(H2,34,35,37,38,39). The number of aromatic hydroxyl groups is 1. The number of hydrogen-bond acceptors (Lipinski definition) is 10. The third-order valence-electron chi connectivity index (χ3n) is 7.27. The summed E-state index contributed by atoms with van der Waals surface area (Å²) in [5, 5.41) is 22.5. The highest BCUT2D eigenvalue weighted by Crippen LogP contribution is 2.34. The fourth-order valence-electron chi connectivity index (χ4n) is 5.12. The van der Waals surface area contributed by atoms with Gasteiger partial charge in [0.05, 0.1) is 23.8 Å². The molecule has 3 heterocycles. The van der Waals surface area contributed by atoms with Crippen molar-refractivity contribution in [1.29, 1.82) is 0 Å². The van der Waals surface area contributed by atoms with E-state index in [-0.39, 0.29) is 5.75 Å². The van der Waals surface area contributed by atoms with E-state index in [4.69, 9.17) is 26.3 Å². The zero-order chi connectivity index (χ0) is 28.9. The number of hydrogen-bond donors (Lipinski definition) is 4. The van der Waals surface area contributed by atoms with Crippen molar-refractivity contribution in [2.75, 3.05) is 54.1 Å². The molecule has 1 fully saturated rings. The van der Waals surface area contributed by atoms with Crippen molar-refractivity contribution in [2.45, 2.75) is 25.7 Å². The number of phenols is 1. The fourth-order valence-corrected chi connectivity index (χ4v) is 5.29. The van der Waals surface area contributed by atoms with Gasteiger partial charge in [-0.05, 0) is 86.3 Å². The highest BCUT2D eigenvalue weighted by Gasteiger charge is 2.17. The molecular formula is C31H33ClN8O2. The van der Waals surface area contributed by atoms with Crippen LogP contribution in [0.25, 0.3) is 21.8 Å². The Hall–Kier alpha value is -4.57. The highest BCUT2D eigenvalue weighted by molar-refractivity contribution is 6.31. The number of ether oxygens (including phenoxy) is 1. The topological polar surface area (TPSA) is 120 Å². The Balaban J connectivity index is 1.17. The molecule has 0 saturated carbocycles. The molecule has 6 rings (SSSR count). The van der Waals surface area contributed by atoms with E-state index < -0.39 is 0 Å². The van der Waals surface area contributed by atoms with E-state index in [9.17, 15) is 5.11 Å². The van der Waals surface area contributed by atoms with E-state index in [1.165, 1.54) is 6.42 Å². The van der Waals surface area contributed by atoms with Crippen molar-refractivity contribution in [3.05, 3.63) is 65.7 Å². The molecule has 1 aliphatic rings. The molecule has 0 amide bonds.